The van der Waals surface area contributed by atoms with Crippen molar-refractivity contribution in [3.05, 3.63) is 28.2 Å². The Balaban J connectivity index is 1.69. The van der Waals surface area contributed by atoms with Crippen LogP contribution in [-0.4, -0.2) is 30.9 Å². The molecular formula is C12H13ClN2O2S2. The molecule has 1 aromatic heterocycles. The predicted molar refractivity (Wildman–Crippen MR) is 78.5 cm³/mol. The van der Waals surface area contributed by atoms with Crippen molar-refractivity contribution in [2.45, 2.75) is 19.0 Å². The number of benzene rings is 1. The van der Waals surface area contributed by atoms with Crippen LogP contribution in [0.5, 0.6) is 0 Å². The number of aromatic nitrogens is 1. The minimum absolute atomic E-state index is 0.0561. The van der Waals surface area contributed by atoms with E-state index >= 15 is 0 Å². The number of nitrogens with one attached hydrogen (secondary N) is 1. The van der Waals surface area contributed by atoms with Crippen LogP contribution in [0.4, 0.5) is 0 Å². The van der Waals surface area contributed by atoms with Crippen LogP contribution in [0.1, 0.15) is 11.4 Å². The second kappa shape index (κ2) is 5.01. The van der Waals surface area contributed by atoms with Crippen LogP contribution < -0.4 is 5.32 Å². The van der Waals surface area contributed by atoms with Crippen molar-refractivity contribution in [3.63, 3.8) is 0 Å². The number of fused-ring (bicyclic) bond motifs is 1. The van der Waals surface area contributed by atoms with Crippen molar-refractivity contribution in [1.29, 1.82) is 0 Å². The molecule has 1 aromatic carbocycles. The first kappa shape index (κ1) is 13.3. The quantitative estimate of drug-likeness (QED) is 0.943. The largest absolute Gasteiger partial charge is 0.307 e. The molecule has 3 rings (SSSR count). The molecule has 1 aliphatic rings. The van der Waals surface area contributed by atoms with E-state index in [1.54, 1.807) is 11.3 Å². The molecule has 2 aromatic rings. The predicted octanol–water partition coefficient (Wildman–Crippen LogP) is 2.23. The molecule has 0 aliphatic carbocycles. The third kappa shape index (κ3) is 3.08. The number of thiazole rings is 1. The highest BCUT2D eigenvalue weighted by atomic mass is 35.5. The van der Waals surface area contributed by atoms with Gasteiger partial charge in [-0.25, -0.2) is 13.4 Å². The van der Waals surface area contributed by atoms with Crippen LogP contribution >= 0.6 is 22.9 Å². The first-order chi connectivity index (χ1) is 9.02. The number of sulfone groups is 1. The molecule has 0 amide bonds. The molecule has 2 heterocycles. The number of rotatable bonds is 3. The lowest BCUT2D eigenvalue weighted by Gasteiger charge is -2.07. The Kier molecular flexibility index (Phi) is 3.51. The maximum Gasteiger partial charge on any atom is 0.151 e. The molecule has 4 nitrogen and oxygen atoms in total. The van der Waals surface area contributed by atoms with E-state index in [1.165, 1.54) is 0 Å². The van der Waals surface area contributed by atoms with Crippen LogP contribution in [0.2, 0.25) is 5.02 Å². The van der Waals surface area contributed by atoms with Crippen LogP contribution in [0, 0.1) is 0 Å². The van der Waals surface area contributed by atoms with Crippen molar-refractivity contribution < 1.29 is 8.42 Å². The van der Waals surface area contributed by atoms with Gasteiger partial charge in [0, 0.05) is 17.6 Å². The number of nitrogens with zero attached hydrogens (tertiary/aromatic N) is 1. The van der Waals surface area contributed by atoms with Crippen LogP contribution in [-0.2, 0) is 16.4 Å². The third-order valence-electron chi connectivity index (χ3n) is 3.17. The summed E-state index contributed by atoms with van der Waals surface area (Å²) in [5.74, 6) is 0.532. The van der Waals surface area contributed by atoms with Gasteiger partial charge >= 0.3 is 0 Å². The Morgan fingerprint density at radius 2 is 2.32 bits per heavy atom. The molecule has 1 aliphatic heterocycles. The van der Waals surface area contributed by atoms with Gasteiger partial charge in [-0.15, -0.1) is 11.3 Å². The summed E-state index contributed by atoms with van der Waals surface area (Å²) in [5.41, 5.74) is 0.897. The van der Waals surface area contributed by atoms with Crippen molar-refractivity contribution in [2.75, 3.05) is 11.5 Å². The molecule has 0 radical (unpaired) electrons. The van der Waals surface area contributed by atoms with Gasteiger partial charge in [-0.05, 0) is 24.6 Å². The second-order valence-electron chi connectivity index (χ2n) is 4.70. The highest BCUT2D eigenvalue weighted by molar-refractivity contribution is 7.91. The molecule has 1 fully saturated rings. The van der Waals surface area contributed by atoms with Crippen molar-refractivity contribution in [1.82, 2.24) is 10.3 Å². The Morgan fingerprint density at radius 1 is 1.47 bits per heavy atom. The standard InChI is InChI=1S/C12H13ClN2O2S2/c13-8-1-2-11-10(5-8)15-12(18-11)6-14-9-3-4-19(16,17)7-9/h1-2,5,9,14H,3-4,6-7H2. The minimum Gasteiger partial charge on any atom is -0.307 e. The number of hydrogen-bond donors (Lipinski definition) is 1. The molecule has 1 saturated heterocycles. The fraction of sp³-hybridized carbons (Fsp3) is 0.417. The summed E-state index contributed by atoms with van der Waals surface area (Å²) >= 11 is 7.53. The third-order valence-corrected chi connectivity index (χ3v) is 6.21. The van der Waals surface area contributed by atoms with Gasteiger partial charge in [0.2, 0.25) is 0 Å². The highest BCUT2D eigenvalue weighted by Gasteiger charge is 2.27. The van der Waals surface area contributed by atoms with Gasteiger partial charge < -0.3 is 5.32 Å². The zero-order valence-corrected chi connectivity index (χ0v) is 12.5. The van der Waals surface area contributed by atoms with Gasteiger partial charge in [0.15, 0.2) is 9.84 Å². The lowest BCUT2D eigenvalue weighted by molar-refractivity contribution is 0.553. The van der Waals surface area contributed by atoms with E-state index in [1.807, 2.05) is 18.2 Å². The van der Waals surface area contributed by atoms with E-state index in [9.17, 15) is 8.42 Å². The minimum atomic E-state index is -2.83. The van der Waals surface area contributed by atoms with Gasteiger partial charge in [0.25, 0.3) is 0 Å². The van der Waals surface area contributed by atoms with Gasteiger partial charge in [-0.2, -0.15) is 0 Å². The van der Waals surface area contributed by atoms with E-state index in [0.717, 1.165) is 15.2 Å². The Hall–Kier alpha value is -0.690. The first-order valence-electron chi connectivity index (χ1n) is 6.01. The van der Waals surface area contributed by atoms with Gasteiger partial charge in [0.1, 0.15) is 5.01 Å². The van der Waals surface area contributed by atoms with E-state index in [-0.39, 0.29) is 11.8 Å². The summed E-state index contributed by atoms with van der Waals surface area (Å²) in [6.07, 6.45) is 0.694. The summed E-state index contributed by atoms with van der Waals surface area (Å²) < 4.78 is 23.8. The monoisotopic (exact) mass is 316 g/mol. The van der Waals surface area contributed by atoms with Gasteiger partial charge in [0.05, 0.1) is 21.7 Å². The topological polar surface area (TPSA) is 59.1 Å². The van der Waals surface area contributed by atoms with Crippen molar-refractivity contribution in [2.24, 2.45) is 0 Å². The van der Waals surface area contributed by atoms with Crippen LogP contribution in [0.25, 0.3) is 10.2 Å². The molecule has 0 bridgehead atoms. The normalized spacial score (nSPS) is 22.1. The lowest BCUT2D eigenvalue weighted by Crippen LogP contribution is -2.29. The number of halogens is 1. The Morgan fingerprint density at radius 3 is 3.05 bits per heavy atom. The molecule has 19 heavy (non-hydrogen) atoms. The zero-order chi connectivity index (χ0) is 13.5. The fourth-order valence-electron chi connectivity index (χ4n) is 2.21. The summed E-state index contributed by atoms with van der Waals surface area (Å²) in [4.78, 5) is 4.49. The maximum absolute atomic E-state index is 11.4. The van der Waals surface area contributed by atoms with Crippen LogP contribution in [0.3, 0.4) is 0 Å². The number of hydrogen-bond acceptors (Lipinski definition) is 5. The maximum atomic E-state index is 11.4. The molecule has 7 heteroatoms. The second-order valence-corrected chi connectivity index (χ2v) is 8.48. The molecular weight excluding hydrogens is 304 g/mol. The summed E-state index contributed by atoms with van der Waals surface area (Å²) in [7, 11) is -2.83. The molecule has 1 atom stereocenters. The summed E-state index contributed by atoms with van der Waals surface area (Å²) in [5, 5.41) is 4.90. The average Bonchev–Trinajstić information content (AvgIpc) is 2.89. The lowest BCUT2D eigenvalue weighted by atomic mass is 10.3. The summed E-state index contributed by atoms with van der Waals surface area (Å²) in [6.45, 7) is 0.608. The van der Waals surface area contributed by atoms with Gasteiger partial charge in [-0.3, -0.25) is 0 Å². The molecule has 1 unspecified atom stereocenters. The molecule has 0 spiro atoms. The van der Waals surface area contributed by atoms with Crippen LogP contribution in [0.15, 0.2) is 18.2 Å². The summed E-state index contributed by atoms with van der Waals surface area (Å²) in [6, 6.07) is 5.71. The molecule has 1 N–H and O–H groups in total. The zero-order valence-electron chi connectivity index (χ0n) is 10.1. The first-order valence-corrected chi connectivity index (χ1v) is 9.02. The van der Waals surface area contributed by atoms with Gasteiger partial charge in [-0.1, -0.05) is 11.6 Å². The van der Waals surface area contributed by atoms with E-state index < -0.39 is 9.84 Å². The highest BCUT2D eigenvalue weighted by Crippen LogP contribution is 2.25. The van der Waals surface area contributed by atoms with E-state index in [2.05, 4.69) is 10.3 Å². The van der Waals surface area contributed by atoms with E-state index in [4.69, 9.17) is 11.6 Å². The van der Waals surface area contributed by atoms with E-state index in [0.29, 0.717) is 23.7 Å². The average molecular weight is 317 g/mol. The van der Waals surface area contributed by atoms with Crippen molar-refractivity contribution >= 4 is 43.0 Å². The molecule has 102 valence electrons. The van der Waals surface area contributed by atoms with Crippen molar-refractivity contribution in [3.8, 4) is 0 Å². The Labute approximate surface area is 120 Å². The SMILES string of the molecule is O=S1(=O)CCC(NCc2nc3cc(Cl)ccc3s2)C1. The Bertz CT molecular complexity index is 712. The smallest absolute Gasteiger partial charge is 0.151 e. The molecule has 0 saturated carbocycles. The fourth-order valence-corrected chi connectivity index (χ4v) is 4.98.